The lowest BCUT2D eigenvalue weighted by Crippen LogP contribution is -2.21. The van der Waals surface area contributed by atoms with Crippen LogP contribution >= 0.6 is 12.4 Å². The number of hydrogen-bond donors (Lipinski definition) is 2. The zero-order chi connectivity index (χ0) is 20.2. The van der Waals surface area contributed by atoms with Gasteiger partial charge in [0, 0.05) is 24.5 Å². The molecule has 1 aromatic heterocycles. The van der Waals surface area contributed by atoms with Crippen LogP contribution in [0.2, 0.25) is 0 Å². The summed E-state index contributed by atoms with van der Waals surface area (Å²) in [5.41, 5.74) is 5.75. The lowest BCUT2D eigenvalue weighted by molar-refractivity contribution is 0.886. The van der Waals surface area contributed by atoms with E-state index in [9.17, 15) is 0 Å². The van der Waals surface area contributed by atoms with E-state index in [1.54, 1.807) is 0 Å². The van der Waals surface area contributed by atoms with Crippen molar-refractivity contribution in [3.63, 3.8) is 0 Å². The van der Waals surface area contributed by atoms with E-state index in [0.717, 1.165) is 36.8 Å². The Hall–Kier alpha value is -2.86. The maximum absolute atomic E-state index is 4.68. The molecule has 0 bridgehead atoms. The fourth-order valence-corrected chi connectivity index (χ4v) is 3.44. The lowest BCUT2D eigenvalue weighted by atomic mass is 10.1. The maximum atomic E-state index is 4.68. The molecule has 0 amide bonds. The predicted octanol–water partition coefficient (Wildman–Crippen LogP) is 5.56. The molecule has 7 heteroatoms. The summed E-state index contributed by atoms with van der Waals surface area (Å²) in [5.74, 6) is 1.83. The van der Waals surface area contributed by atoms with Crippen molar-refractivity contribution >= 4 is 41.6 Å². The number of halogens is 1. The Bertz CT molecular complexity index is 983. The molecular formula is C23H29ClN6. The van der Waals surface area contributed by atoms with Crippen molar-refractivity contribution in [1.82, 2.24) is 15.0 Å². The van der Waals surface area contributed by atoms with Crippen LogP contribution in [0.3, 0.4) is 0 Å². The lowest BCUT2D eigenvalue weighted by Gasteiger charge is -2.17. The van der Waals surface area contributed by atoms with Crippen LogP contribution < -0.4 is 15.5 Å². The van der Waals surface area contributed by atoms with Crippen LogP contribution in [-0.2, 0) is 6.42 Å². The van der Waals surface area contributed by atoms with E-state index in [1.165, 1.54) is 29.5 Å². The molecule has 1 aliphatic rings. The molecule has 0 unspecified atom stereocenters. The van der Waals surface area contributed by atoms with Crippen molar-refractivity contribution in [2.75, 3.05) is 28.6 Å². The first-order valence-electron chi connectivity index (χ1n) is 10.3. The van der Waals surface area contributed by atoms with Crippen molar-refractivity contribution in [2.45, 2.75) is 40.0 Å². The quantitative estimate of drug-likeness (QED) is 0.540. The highest BCUT2D eigenvalue weighted by Crippen LogP contribution is 2.23. The summed E-state index contributed by atoms with van der Waals surface area (Å²) in [4.78, 5) is 16.2. The Morgan fingerprint density at radius 3 is 2.00 bits per heavy atom. The summed E-state index contributed by atoms with van der Waals surface area (Å²) in [6.07, 6.45) is 3.37. The SMILES string of the molecule is CCc1ccc(Nc2nc(Nc3ccc(C)c(C)c3)nc(N3CCCC3)n2)cc1.Cl. The topological polar surface area (TPSA) is 66.0 Å². The van der Waals surface area contributed by atoms with Crippen LogP contribution in [-0.4, -0.2) is 28.0 Å². The number of benzene rings is 2. The monoisotopic (exact) mass is 424 g/mol. The fourth-order valence-electron chi connectivity index (χ4n) is 3.44. The second kappa shape index (κ2) is 9.76. The van der Waals surface area contributed by atoms with Crippen LogP contribution in [0.1, 0.15) is 36.5 Å². The summed E-state index contributed by atoms with van der Waals surface area (Å²) < 4.78 is 0. The zero-order valence-electron chi connectivity index (χ0n) is 17.8. The van der Waals surface area contributed by atoms with Crippen LogP contribution in [0.4, 0.5) is 29.2 Å². The molecule has 2 N–H and O–H groups in total. The molecule has 0 aliphatic carbocycles. The molecule has 0 spiro atoms. The normalized spacial score (nSPS) is 13.1. The van der Waals surface area contributed by atoms with Gasteiger partial charge in [-0.15, -0.1) is 12.4 Å². The third-order valence-electron chi connectivity index (χ3n) is 5.39. The minimum Gasteiger partial charge on any atom is -0.341 e. The van der Waals surface area contributed by atoms with Gasteiger partial charge < -0.3 is 15.5 Å². The first-order valence-corrected chi connectivity index (χ1v) is 10.3. The molecule has 0 saturated carbocycles. The minimum absolute atomic E-state index is 0. The highest BCUT2D eigenvalue weighted by Gasteiger charge is 2.18. The van der Waals surface area contributed by atoms with E-state index < -0.39 is 0 Å². The van der Waals surface area contributed by atoms with E-state index in [2.05, 4.69) is 93.7 Å². The van der Waals surface area contributed by atoms with Gasteiger partial charge in [0.2, 0.25) is 17.8 Å². The fraction of sp³-hybridized carbons (Fsp3) is 0.348. The van der Waals surface area contributed by atoms with Crippen molar-refractivity contribution in [2.24, 2.45) is 0 Å². The summed E-state index contributed by atoms with van der Waals surface area (Å²) in [6.45, 7) is 8.34. The smallest absolute Gasteiger partial charge is 0.233 e. The number of nitrogens with one attached hydrogen (secondary N) is 2. The summed E-state index contributed by atoms with van der Waals surface area (Å²) in [6, 6.07) is 14.7. The number of aryl methyl sites for hydroxylation is 3. The average molecular weight is 425 g/mol. The van der Waals surface area contributed by atoms with E-state index in [4.69, 9.17) is 0 Å². The van der Waals surface area contributed by atoms with Gasteiger partial charge >= 0.3 is 0 Å². The Labute approximate surface area is 184 Å². The molecule has 6 nitrogen and oxygen atoms in total. The minimum atomic E-state index is 0. The van der Waals surface area contributed by atoms with Crippen LogP contribution in [0.5, 0.6) is 0 Å². The molecule has 30 heavy (non-hydrogen) atoms. The highest BCUT2D eigenvalue weighted by atomic mass is 35.5. The number of aromatic nitrogens is 3. The van der Waals surface area contributed by atoms with Gasteiger partial charge in [0.1, 0.15) is 0 Å². The average Bonchev–Trinajstić information content (AvgIpc) is 3.26. The van der Waals surface area contributed by atoms with Gasteiger partial charge in [-0.1, -0.05) is 25.1 Å². The molecule has 0 radical (unpaired) electrons. The van der Waals surface area contributed by atoms with Crippen LogP contribution in [0, 0.1) is 13.8 Å². The molecule has 3 aromatic rings. The first-order chi connectivity index (χ1) is 14.1. The van der Waals surface area contributed by atoms with Gasteiger partial charge in [-0.25, -0.2) is 0 Å². The van der Waals surface area contributed by atoms with Gasteiger partial charge in [0.05, 0.1) is 0 Å². The molecule has 4 rings (SSSR count). The van der Waals surface area contributed by atoms with E-state index in [0.29, 0.717) is 11.9 Å². The van der Waals surface area contributed by atoms with Gasteiger partial charge in [-0.05, 0) is 74.1 Å². The molecule has 1 saturated heterocycles. The molecule has 0 atom stereocenters. The standard InChI is InChI=1S/C23H28N6.ClH/c1-4-18-8-11-19(12-9-18)24-21-26-22(25-20-10-7-16(2)17(3)15-20)28-23(27-21)29-13-5-6-14-29;/h7-12,15H,4-6,13-14H2,1-3H3,(H2,24,25,26,27,28);1H. The Morgan fingerprint density at radius 2 is 1.40 bits per heavy atom. The van der Waals surface area contributed by atoms with E-state index >= 15 is 0 Å². The Morgan fingerprint density at radius 1 is 0.800 bits per heavy atom. The summed E-state index contributed by atoms with van der Waals surface area (Å²) in [5, 5.41) is 6.69. The number of hydrogen-bond acceptors (Lipinski definition) is 6. The second-order valence-corrected chi connectivity index (χ2v) is 7.58. The molecule has 158 valence electrons. The summed E-state index contributed by atoms with van der Waals surface area (Å²) in [7, 11) is 0. The molecule has 1 aliphatic heterocycles. The van der Waals surface area contributed by atoms with Crippen molar-refractivity contribution in [3.8, 4) is 0 Å². The van der Waals surface area contributed by atoms with Crippen LogP contribution in [0.25, 0.3) is 0 Å². The third kappa shape index (κ3) is 5.19. The summed E-state index contributed by atoms with van der Waals surface area (Å²) >= 11 is 0. The van der Waals surface area contributed by atoms with Crippen LogP contribution in [0.15, 0.2) is 42.5 Å². The molecule has 2 heterocycles. The molecule has 2 aromatic carbocycles. The van der Waals surface area contributed by atoms with E-state index in [1.807, 2.05) is 0 Å². The number of anilines is 5. The molecular weight excluding hydrogens is 396 g/mol. The number of rotatable bonds is 6. The van der Waals surface area contributed by atoms with Crippen molar-refractivity contribution in [1.29, 1.82) is 0 Å². The third-order valence-corrected chi connectivity index (χ3v) is 5.39. The maximum Gasteiger partial charge on any atom is 0.233 e. The highest BCUT2D eigenvalue weighted by molar-refractivity contribution is 5.85. The van der Waals surface area contributed by atoms with Crippen molar-refractivity contribution in [3.05, 3.63) is 59.2 Å². The zero-order valence-corrected chi connectivity index (χ0v) is 18.6. The predicted molar refractivity (Wildman–Crippen MR) is 127 cm³/mol. The van der Waals surface area contributed by atoms with Crippen molar-refractivity contribution < 1.29 is 0 Å². The van der Waals surface area contributed by atoms with Gasteiger partial charge in [0.25, 0.3) is 0 Å². The largest absolute Gasteiger partial charge is 0.341 e. The van der Waals surface area contributed by atoms with Gasteiger partial charge in [0.15, 0.2) is 0 Å². The molecule has 1 fully saturated rings. The Balaban J connectivity index is 0.00000256. The van der Waals surface area contributed by atoms with Gasteiger partial charge in [-0.2, -0.15) is 15.0 Å². The Kier molecular flexibility index (Phi) is 7.11. The second-order valence-electron chi connectivity index (χ2n) is 7.58. The van der Waals surface area contributed by atoms with Gasteiger partial charge in [-0.3, -0.25) is 0 Å². The number of nitrogens with zero attached hydrogens (tertiary/aromatic N) is 4. The van der Waals surface area contributed by atoms with E-state index in [-0.39, 0.29) is 12.4 Å². The first kappa shape index (κ1) is 21.8.